The zero-order chi connectivity index (χ0) is 13.3. The lowest BCUT2D eigenvalue weighted by molar-refractivity contribution is 0.0699. The maximum Gasteiger partial charge on any atom is 0.336 e. The fraction of sp³-hybridized carbons (Fsp3) is 0.167. The smallest absolute Gasteiger partial charge is 0.336 e. The van der Waals surface area contributed by atoms with Crippen LogP contribution in [0.25, 0.3) is 10.9 Å². The van der Waals surface area contributed by atoms with Crippen molar-refractivity contribution >= 4 is 16.9 Å². The van der Waals surface area contributed by atoms with Gasteiger partial charge in [0.25, 0.3) is 0 Å². The molecule has 2 rings (SSSR count). The molecule has 0 aliphatic carbocycles. The van der Waals surface area contributed by atoms with Crippen LogP contribution in [0.3, 0.4) is 0 Å². The Morgan fingerprint density at radius 3 is 2.50 bits per heavy atom. The standard InChI is InChI=1S/C12H11NO5/c1-17-6-3-7-8(12(15)16)5-10(14)13-11(7)9(4-6)18-2/h3-5H,1-2H3,(H,13,14)(H,15,16). The van der Waals surface area contributed by atoms with Crippen LogP contribution in [0, 0.1) is 0 Å². The van der Waals surface area contributed by atoms with Gasteiger partial charge in [-0.25, -0.2) is 4.79 Å². The first-order valence-corrected chi connectivity index (χ1v) is 5.09. The van der Waals surface area contributed by atoms with Gasteiger partial charge in [0, 0.05) is 17.5 Å². The number of nitrogens with one attached hydrogen (secondary N) is 1. The molecule has 0 aliphatic heterocycles. The van der Waals surface area contributed by atoms with Crippen molar-refractivity contribution in [1.29, 1.82) is 0 Å². The molecule has 0 saturated heterocycles. The van der Waals surface area contributed by atoms with Crippen molar-refractivity contribution in [3.05, 3.63) is 34.1 Å². The molecule has 6 heteroatoms. The predicted octanol–water partition coefficient (Wildman–Crippen LogP) is 1.24. The van der Waals surface area contributed by atoms with E-state index in [1.165, 1.54) is 20.3 Å². The minimum Gasteiger partial charge on any atom is -0.497 e. The molecule has 0 amide bonds. The van der Waals surface area contributed by atoms with E-state index >= 15 is 0 Å². The number of carboxylic acids is 1. The average molecular weight is 249 g/mol. The molecular weight excluding hydrogens is 238 g/mol. The Bertz CT molecular complexity index is 674. The van der Waals surface area contributed by atoms with Crippen LogP contribution in [0.15, 0.2) is 23.0 Å². The molecule has 18 heavy (non-hydrogen) atoms. The van der Waals surface area contributed by atoms with Crippen LogP contribution in [-0.2, 0) is 0 Å². The van der Waals surface area contributed by atoms with E-state index in [1.54, 1.807) is 6.07 Å². The number of rotatable bonds is 3. The van der Waals surface area contributed by atoms with Crippen LogP contribution >= 0.6 is 0 Å². The summed E-state index contributed by atoms with van der Waals surface area (Å²) in [6.07, 6.45) is 0. The fourth-order valence-corrected chi connectivity index (χ4v) is 1.76. The van der Waals surface area contributed by atoms with E-state index in [4.69, 9.17) is 14.6 Å². The van der Waals surface area contributed by atoms with Crippen molar-refractivity contribution in [1.82, 2.24) is 4.98 Å². The third-order valence-corrected chi connectivity index (χ3v) is 2.58. The molecule has 0 atom stereocenters. The number of methoxy groups -OCH3 is 2. The first kappa shape index (κ1) is 12.0. The van der Waals surface area contributed by atoms with Gasteiger partial charge < -0.3 is 19.6 Å². The van der Waals surface area contributed by atoms with Crippen molar-refractivity contribution < 1.29 is 19.4 Å². The summed E-state index contributed by atoms with van der Waals surface area (Å²) in [4.78, 5) is 25.1. The fourth-order valence-electron chi connectivity index (χ4n) is 1.76. The minimum absolute atomic E-state index is 0.0917. The Hall–Kier alpha value is -2.50. The highest BCUT2D eigenvalue weighted by molar-refractivity contribution is 6.04. The summed E-state index contributed by atoms with van der Waals surface area (Å²) in [5.41, 5.74) is -0.252. The summed E-state index contributed by atoms with van der Waals surface area (Å²) < 4.78 is 10.2. The molecule has 1 heterocycles. The lowest BCUT2D eigenvalue weighted by Crippen LogP contribution is -2.11. The van der Waals surface area contributed by atoms with E-state index in [1.807, 2.05) is 0 Å². The Labute approximate surface area is 102 Å². The van der Waals surface area contributed by atoms with E-state index in [0.717, 1.165) is 6.07 Å². The SMILES string of the molecule is COc1cc(OC)c2[nH]c(=O)cc(C(=O)O)c2c1. The number of aromatic amines is 1. The second kappa shape index (κ2) is 4.40. The summed E-state index contributed by atoms with van der Waals surface area (Å²) in [6.45, 7) is 0. The molecule has 0 saturated carbocycles. The highest BCUT2D eigenvalue weighted by Crippen LogP contribution is 2.30. The van der Waals surface area contributed by atoms with Crippen molar-refractivity contribution in [2.75, 3.05) is 14.2 Å². The van der Waals surface area contributed by atoms with E-state index in [2.05, 4.69) is 4.98 Å². The maximum absolute atomic E-state index is 11.4. The third-order valence-electron chi connectivity index (χ3n) is 2.58. The zero-order valence-electron chi connectivity index (χ0n) is 9.81. The van der Waals surface area contributed by atoms with Gasteiger partial charge in [-0.1, -0.05) is 0 Å². The van der Waals surface area contributed by atoms with Crippen LogP contribution in [-0.4, -0.2) is 30.3 Å². The molecule has 0 radical (unpaired) electrons. The van der Waals surface area contributed by atoms with E-state index in [-0.39, 0.29) is 5.56 Å². The molecule has 0 spiro atoms. The van der Waals surface area contributed by atoms with Crippen LogP contribution in [0.2, 0.25) is 0 Å². The molecule has 0 fully saturated rings. The lowest BCUT2D eigenvalue weighted by Gasteiger charge is -2.09. The van der Waals surface area contributed by atoms with Crippen molar-refractivity contribution in [3.8, 4) is 11.5 Å². The normalized spacial score (nSPS) is 10.3. The highest BCUT2D eigenvalue weighted by Gasteiger charge is 2.14. The predicted molar refractivity (Wildman–Crippen MR) is 64.6 cm³/mol. The van der Waals surface area contributed by atoms with Crippen molar-refractivity contribution in [3.63, 3.8) is 0 Å². The van der Waals surface area contributed by atoms with Crippen LogP contribution in [0.5, 0.6) is 11.5 Å². The van der Waals surface area contributed by atoms with Crippen molar-refractivity contribution in [2.45, 2.75) is 0 Å². The number of hydrogen-bond donors (Lipinski definition) is 2. The Balaban J connectivity index is 2.94. The second-order valence-corrected chi connectivity index (χ2v) is 3.60. The lowest BCUT2D eigenvalue weighted by atomic mass is 10.1. The molecule has 2 N–H and O–H groups in total. The molecular formula is C12H11NO5. The van der Waals surface area contributed by atoms with Crippen LogP contribution in [0.4, 0.5) is 0 Å². The number of carbonyl (C=O) groups is 1. The molecule has 94 valence electrons. The molecule has 0 aliphatic rings. The Morgan fingerprint density at radius 1 is 1.22 bits per heavy atom. The number of aromatic carboxylic acids is 1. The van der Waals surface area contributed by atoms with E-state index in [0.29, 0.717) is 22.4 Å². The first-order chi connectivity index (χ1) is 8.56. The highest BCUT2D eigenvalue weighted by atomic mass is 16.5. The van der Waals surface area contributed by atoms with E-state index in [9.17, 15) is 9.59 Å². The summed E-state index contributed by atoms with van der Waals surface area (Å²) in [7, 11) is 2.90. The topological polar surface area (TPSA) is 88.6 Å². The van der Waals surface area contributed by atoms with Gasteiger partial charge in [0.2, 0.25) is 5.56 Å². The molecule has 0 bridgehead atoms. The number of aromatic nitrogens is 1. The van der Waals surface area contributed by atoms with Crippen LogP contribution < -0.4 is 15.0 Å². The zero-order valence-corrected chi connectivity index (χ0v) is 9.81. The van der Waals surface area contributed by atoms with Gasteiger partial charge >= 0.3 is 5.97 Å². The maximum atomic E-state index is 11.4. The summed E-state index contributed by atoms with van der Waals surface area (Å²) in [6, 6.07) is 4.14. The number of H-pyrrole nitrogens is 1. The van der Waals surface area contributed by atoms with Crippen molar-refractivity contribution in [2.24, 2.45) is 0 Å². The number of hydrogen-bond acceptors (Lipinski definition) is 4. The minimum atomic E-state index is -1.18. The van der Waals surface area contributed by atoms with Gasteiger partial charge in [-0.3, -0.25) is 4.79 Å². The number of fused-ring (bicyclic) bond motifs is 1. The monoisotopic (exact) mass is 249 g/mol. The number of benzene rings is 1. The van der Waals surface area contributed by atoms with E-state index < -0.39 is 11.5 Å². The van der Waals surface area contributed by atoms with Crippen LogP contribution in [0.1, 0.15) is 10.4 Å². The van der Waals surface area contributed by atoms with Gasteiger partial charge in [-0.05, 0) is 6.07 Å². The number of ether oxygens (including phenoxy) is 2. The van der Waals surface area contributed by atoms with Gasteiger partial charge in [-0.2, -0.15) is 0 Å². The molecule has 6 nitrogen and oxygen atoms in total. The average Bonchev–Trinajstić information content (AvgIpc) is 2.36. The molecule has 1 aromatic carbocycles. The first-order valence-electron chi connectivity index (χ1n) is 5.09. The molecule has 1 aromatic heterocycles. The largest absolute Gasteiger partial charge is 0.497 e. The molecule has 0 unspecified atom stereocenters. The number of carboxylic acid groups (broad SMARTS) is 1. The third kappa shape index (κ3) is 1.88. The van der Waals surface area contributed by atoms with Gasteiger partial charge in [0.05, 0.1) is 25.3 Å². The Morgan fingerprint density at radius 2 is 1.94 bits per heavy atom. The van der Waals surface area contributed by atoms with Gasteiger partial charge in [0.1, 0.15) is 11.5 Å². The second-order valence-electron chi connectivity index (χ2n) is 3.60. The van der Waals surface area contributed by atoms with Gasteiger partial charge in [-0.15, -0.1) is 0 Å². The van der Waals surface area contributed by atoms with Gasteiger partial charge in [0.15, 0.2) is 0 Å². The number of pyridine rings is 1. The quantitative estimate of drug-likeness (QED) is 0.854. The summed E-state index contributed by atoms with van der Waals surface area (Å²) >= 11 is 0. The summed E-state index contributed by atoms with van der Waals surface area (Å²) in [5.74, 6) is -0.375. The molecule has 2 aromatic rings. The Kier molecular flexibility index (Phi) is 2.93. The summed E-state index contributed by atoms with van der Waals surface area (Å²) in [5, 5.41) is 9.46.